The second-order valence-corrected chi connectivity index (χ2v) is 8.40. The zero-order valence-electron chi connectivity index (χ0n) is 16.7. The Kier molecular flexibility index (Phi) is 6.09. The van der Waals surface area contributed by atoms with Crippen LogP contribution in [0.5, 0.6) is 0 Å². The Balaban J connectivity index is 1.88. The Morgan fingerprint density at radius 3 is 2.39 bits per heavy atom. The van der Waals surface area contributed by atoms with Crippen molar-refractivity contribution in [2.45, 2.75) is 32.2 Å². The quantitative estimate of drug-likeness (QED) is 0.636. The predicted molar refractivity (Wildman–Crippen MR) is 112 cm³/mol. The van der Waals surface area contributed by atoms with Crippen molar-refractivity contribution in [2.24, 2.45) is 0 Å². The van der Waals surface area contributed by atoms with E-state index < -0.39 is 10.8 Å². The number of carbonyl (C=O) groups excluding carboxylic acids is 1. The van der Waals surface area contributed by atoms with Crippen LogP contribution in [-0.2, 0) is 17.3 Å². The smallest absolute Gasteiger partial charge is 0.255 e. The molecule has 0 saturated heterocycles. The molecule has 1 amide bonds. The number of hydrogen-bond acceptors (Lipinski definition) is 3. The number of hydrogen-bond donors (Lipinski definition) is 0. The van der Waals surface area contributed by atoms with Crippen molar-refractivity contribution in [3.05, 3.63) is 77.1 Å². The summed E-state index contributed by atoms with van der Waals surface area (Å²) < 4.78 is 14.2. The van der Waals surface area contributed by atoms with Gasteiger partial charge in [0.1, 0.15) is 0 Å². The minimum Gasteiger partial charge on any atom is -0.337 e. The number of amides is 1. The molecule has 1 heterocycles. The van der Waals surface area contributed by atoms with Crippen molar-refractivity contribution >= 4 is 16.7 Å². The molecule has 3 rings (SSSR count). The molecule has 0 aliphatic carbocycles. The summed E-state index contributed by atoms with van der Waals surface area (Å²) >= 11 is 0. The Morgan fingerprint density at radius 1 is 1.07 bits per heavy atom. The van der Waals surface area contributed by atoms with Crippen LogP contribution in [-0.4, -0.2) is 37.6 Å². The molecule has 146 valence electrons. The fourth-order valence-corrected chi connectivity index (χ4v) is 4.18. The second-order valence-electron chi connectivity index (χ2n) is 6.69. The van der Waals surface area contributed by atoms with Gasteiger partial charge in [-0.1, -0.05) is 37.3 Å². The van der Waals surface area contributed by atoms with Gasteiger partial charge in [0, 0.05) is 30.6 Å². The molecule has 2 aromatic carbocycles. The molecule has 0 unspecified atom stereocenters. The van der Waals surface area contributed by atoms with Crippen LogP contribution in [0.25, 0.3) is 5.69 Å². The summed E-state index contributed by atoms with van der Waals surface area (Å²) in [5.74, 6) is 0.347. The van der Waals surface area contributed by atoms with Crippen LogP contribution in [0.15, 0.2) is 59.5 Å². The van der Waals surface area contributed by atoms with Gasteiger partial charge in [0.05, 0.1) is 32.6 Å². The average Bonchev–Trinajstić information content (AvgIpc) is 3.01. The standard InChI is InChI=1S/C22H25N3O2S/c1-5-28(27)21-14-10-9-13-19(21)22(26)24(4)15-20-16(2)23-25(17(20)3)18-11-7-6-8-12-18/h6-14H,5,15H2,1-4H3/t28-/m1/s1. The van der Waals surface area contributed by atoms with E-state index in [2.05, 4.69) is 5.10 Å². The number of nitrogens with zero attached hydrogens (tertiary/aromatic N) is 3. The zero-order chi connectivity index (χ0) is 20.3. The molecular weight excluding hydrogens is 370 g/mol. The highest BCUT2D eigenvalue weighted by atomic mass is 32.2. The minimum atomic E-state index is -1.18. The molecule has 0 aliphatic heterocycles. The number of benzene rings is 2. The van der Waals surface area contributed by atoms with Crippen LogP contribution < -0.4 is 0 Å². The number of aryl methyl sites for hydroxylation is 1. The highest BCUT2D eigenvalue weighted by Crippen LogP contribution is 2.21. The summed E-state index contributed by atoms with van der Waals surface area (Å²) in [5, 5.41) is 4.65. The number of aromatic nitrogens is 2. The molecule has 3 aromatic rings. The maximum Gasteiger partial charge on any atom is 0.255 e. The third-order valence-corrected chi connectivity index (χ3v) is 6.18. The van der Waals surface area contributed by atoms with Gasteiger partial charge in [-0.3, -0.25) is 9.00 Å². The number of rotatable bonds is 6. The van der Waals surface area contributed by atoms with E-state index in [-0.39, 0.29) is 5.91 Å². The molecule has 0 radical (unpaired) electrons. The van der Waals surface area contributed by atoms with Crippen molar-refractivity contribution in [2.75, 3.05) is 12.8 Å². The van der Waals surface area contributed by atoms with Crippen LogP contribution in [0, 0.1) is 13.8 Å². The van der Waals surface area contributed by atoms with E-state index in [1.165, 1.54) is 0 Å². The van der Waals surface area contributed by atoms with Crippen LogP contribution >= 0.6 is 0 Å². The van der Waals surface area contributed by atoms with Crippen LogP contribution in [0.3, 0.4) is 0 Å². The summed E-state index contributed by atoms with van der Waals surface area (Å²) in [6.07, 6.45) is 0. The van der Waals surface area contributed by atoms with E-state index in [0.717, 1.165) is 22.6 Å². The molecule has 0 aliphatic rings. The summed E-state index contributed by atoms with van der Waals surface area (Å²) in [7, 11) is 0.591. The van der Waals surface area contributed by atoms with Gasteiger partial charge in [0.25, 0.3) is 5.91 Å². The zero-order valence-corrected chi connectivity index (χ0v) is 17.5. The molecule has 0 saturated carbocycles. The van der Waals surface area contributed by atoms with Gasteiger partial charge in [-0.2, -0.15) is 5.10 Å². The Hall–Kier alpha value is -2.73. The Labute approximate surface area is 168 Å². The van der Waals surface area contributed by atoms with E-state index >= 15 is 0 Å². The SMILES string of the molecule is CC[S@@](=O)c1ccccc1C(=O)N(C)Cc1c(C)nn(-c2ccccc2)c1C. The van der Waals surface area contributed by atoms with Gasteiger partial charge in [0.15, 0.2) is 0 Å². The topological polar surface area (TPSA) is 55.2 Å². The third kappa shape index (κ3) is 3.92. The molecule has 1 aromatic heterocycles. The molecule has 5 nitrogen and oxygen atoms in total. The summed E-state index contributed by atoms with van der Waals surface area (Å²) in [6, 6.07) is 17.1. The lowest BCUT2D eigenvalue weighted by atomic mass is 10.1. The molecule has 1 atom stereocenters. The Bertz CT molecular complexity index is 1010. The minimum absolute atomic E-state index is 0.135. The molecular formula is C22H25N3O2S. The van der Waals surface area contributed by atoms with Crippen molar-refractivity contribution in [3.8, 4) is 5.69 Å². The van der Waals surface area contributed by atoms with Gasteiger partial charge in [0.2, 0.25) is 0 Å². The first-order valence-electron chi connectivity index (χ1n) is 9.27. The summed E-state index contributed by atoms with van der Waals surface area (Å²) in [6.45, 7) is 6.27. The fraction of sp³-hybridized carbons (Fsp3) is 0.273. The van der Waals surface area contributed by atoms with Gasteiger partial charge < -0.3 is 4.90 Å². The predicted octanol–water partition coefficient (Wildman–Crippen LogP) is 3.89. The van der Waals surface area contributed by atoms with Gasteiger partial charge in [-0.05, 0) is 38.1 Å². The van der Waals surface area contributed by atoms with Crippen LogP contribution in [0.4, 0.5) is 0 Å². The molecule has 6 heteroatoms. The number of carbonyl (C=O) groups is 1. The highest BCUT2D eigenvalue weighted by Gasteiger charge is 2.21. The monoisotopic (exact) mass is 395 g/mol. The van der Waals surface area contributed by atoms with Crippen molar-refractivity contribution in [1.82, 2.24) is 14.7 Å². The van der Waals surface area contributed by atoms with Crippen molar-refractivity contribution in [1.29, 1.82) is 0 Å². The molecule has 0 spiro atoms. The maximum atomic E-state index is 13.1. The second kappa shape index (κ2) is 8.52. The summed E-state index contributed by atoms with van der Waals surface area (Å²) in [5.41, 5.74) is 4.41. The maximum absolute atomic E-state index is 13.1. The summed E-state index contributed by atoms with van der Waals surface area (Å²) in [4.78, 5) is 15.3. The normalized spacial score (nSPS) is 12.0. The lowest BCUT2D eigenvalue weighted by molar-refractivity contribution is 0.0781. The van der Waals surface area contributed by atoms with E-state index in [1.54, 1.807) is 30.1 Å². The number of para-hydroxylation sites is 1. The molecule has 28 heavy (non-hydrogen) atoms. The van der Waals surface area contributed by atoms with E-state index in [1.807, 2.05) is 61.9 Å². The third-order valence-electron chi connectivity index (χ3n) is 4.81. The first kappa shape index (κ1) is 20.0. The van der Waals surface area contributed by atoms with Gasteiger partial charge in [-0.25, -0.2) is 4.68 Å². The van der Waals surface area contributed by atoms with Crippen LogP contribution in [0.2, 0.25) is 0 Å². The van der Waals surface area contributed by atoms with E-state index in [4.69, 9.17) is 0 Å². The first-order chi connectivity index (χ1) is 13.4. The van der Waals surface area contributed by atoms with E-state index in [0.29, 0.717) is 22.8 Å². The fourth-order valence-electron chi connectivity index (χ4n) is 3.24. The van der Waals surface area contributed by atoms with Gasteiger partial charge in [-0.15, -0.1) is 0 Å². The van der Waals surface area contributed by atoms with Gasteiger partial charge >= 0.3 is 0 Å². The van der Waals surface area contributed by atoms with E-state index in [9.17, 15) is 9.00 Å². The molecule has 0 bridgehead atoms. The molecule has 0 N–H and O–H groups in total. The Morgan fingerprint density at radius 2 is 1.71 bits per heavy atom. The van der Waals surface area contributed by atoms with Crippen molar-refractivity contribution in [3.63, 3.8) is 0 Å². The highest BCUT2D eigenvalue weighted by molar-refractivity contribution is 7.85. The van der Waals surface area contributed by atoms with Crippen LogP contribution in [0.1, 0.15) is 34.2 Å². The molecule has 0 fully saturated rings. The lowest BCUT2D eigenvalue weighted by Gasteiger charge is -2.19. The largest absolute Gasteiger partial charge is 0.337 e. The van der Waals surface area contributed by atoms with Crippen molar-refractivity contribution < 1.29 is 9.00 Å². The lowest BCUT2D eigenvalue weighted by Crippen LogP contribution is -2.27. The average molecular weight is 396 g/mol. The first-order valence-corrected chi connectivity index (χ1v) is 10.6.